The molecule has 132 valence electrons. The molecule has 2 heterocycles. The minimum absolute atomic E-state index is 0.0267. The summed E-state index contributed by atoms with van der Waals surface area (Å²) in [4.78, 5) is 28.9. The first-order valence-corrected chi connectivity index (χ1v) is 8.73. The summed E-state index contributed by atoms with van der Waals surface area (Å²) in [5.41, 5.74) is 1.78. The Labute approximate surface area is 148 Å². The van der Waals surface area contributed by atoms with Gasteiger partial charge in [0, 0.05) is 44.6 Å². The van der Waals surface area contributed by atoms with Gasteiger partial charge in [0.25, 0.3) is 5.91 Å². The number of likely N-dealkylation sites (N-methyl/N-ethyl adjacent to an activating group) is 1. The number of nitrogens with zero attached hydrogens (tertiary/aromatic N) is 3. The molecular formula is C20H25N3O2. The van der Waals surface area contributed by atoms with Crippen molar-refractivity contribution < 1.29 is 9.59 Å². The van der Waals surface area contributed by atoms with E-state index in [0.717, 1.165) is 12.1 Å². The molecule has 0 spiro atoms. The van der Waals surface area contributed by atoms with Gasteiger partial charge in [-0.3, -0.25) is 9.59 Å². The van der Waals surface area contributed by atoms with Gasteiger partial charge in [0.1, 0.15) is 6.04 Å². The van der Waals surface area contributed by atoms with Crippen molar-refractivity contribution >= 4 is 11.8 Å². The van der Waals surface area contributed by atoms with Gasteiger partial charge in [-0.05, 0) is 35.7 Å². The molecule has 25 heavy (non-hydrogen) atoms. The van der Waals surface area contributed by atoms with E-state index in [0.29, 0.717) is 18.7 Å². The van der Waals surface area contributed by atoms with Crippen LogP contribution in [-0.4, -0.2) is 52.4 Å². The molecule has 0 aliphatic carbocycles. The van der Waals surface area contributed by atoms with Crippen LogP contribution in [0.2, 0.25) is 0 Å². The smallest absolute Gasteiger partial charge is 0.254 e. The van der Waals surface area contributed by atoms with Crippen molar-refractivity contribution in [3.05, 3.63) is 59.9 Å². The molecule has 0 bridgehead atoms. The highest BCUT2D eigenvalue weighted by Crippen LogP contribution is 2.21. The van der Waals surface area contributed by atoms with E-state index in [1.54, 1.807) is 16.8 Å². The summed E-state index contributed by atoms with van der Waals surface area (Å²) in [5, 5.41) is 0. The van der Waals surface area contributed by atoms with Crippen LogP contribution in [0.15, 0.2) is 48.8 Å². The van der Waals surface area contributed by atoms with E-state index in [1.165, 1.54) is 0 Å². The fraction of sp³-hybridized carbons (Fsp3) is 0.400. The Bertz CT molecular complexity index is 735. The van der Waals surface area contributed by atoms with E-state index in [-0.39, 0.29) is 23.8 Å². The predicted molar refractivity (Wildman–Crippen MR) is 97.3 cm³/mol. The molecule has 0 saturated carbocycles. The second kappa shape index (κ2) is 7.13. The number of amides is 2. The first-order valence-electron chi connectivity index (χ1n) is 8.73. The van der Waals surface area contributed by atoms with Crippen LogP contribution in [0.5, 0.6) is 0 Å². The zero-order valence-corrected chi connectivity index (χ0v) is 15.1. The maximum absolute atomic E-state index is 12.9. The van der Waals surface area contributed by atoms with Gasteiger partial charge in [0.15, 0.2) is 0 Å². The lowest BCUT2D eigenvalue weighted by molar-refractivity contribution is -0.140. The minimum Gasteiger partial charge on any atom is -0.350 e. The predicted octanol–water partition coefficient (Wildman–Crippen LogP) is 2.48. The van der Waals surface area contributed by atoms with Gasteiger partial charge < -0.3 is 14.4 Å². The molecule has 0 radical (unpaired) electrons. The fourth-order valence-electron chi connectivity index (χ4n) is 3.34. The summed E-state index contributed by atoms with van der Waals surface area (Å²) < 4.78 is 2.09. The minimum atomic E-state index is -0.384. The molecule has 0 N–H and O–H groups in total. The van der Waals surface area contributed by atoms with Crippen molar-refractivity contribution in [3.8, 4) is 0 Å². The monoisotopic (exact) mass is 339 g/mol. The number of rotatable bonds is 4. The van der Waals surface area contributed by atoms with Gasteiger partial charge in [-0.1, -0.05) is 26.0 Å². The van der Waals surface area contributed by atoms with E-state index >= 15 is 0 Å². The molecule has 5 heteroatoms. The highest BCUT2D eigenvalue weighted by atomic mass is 16.2. The van der Waals surface area contributed by atoms with Crippen molar-refractivity contribution in [2.24, 2.45) is 5.92 Å². The molecule has 1 aliphatic rings. The summed E-state index contributed by atoms with van der Waals surface area (Å²) in [6.07, 6.45) is 4.03. The van der Waals surface area contributed by atoms with E-state index in [2.05, 4.69) is 4.57 Å². The van der Waals surface area contributed by atoms with Crippen LogP contribution in [0.3, 0.4) is 0 Å². The molecule has 1 aliphatic heterocycles. The Hall–Kier alpha value is -2.56. The van der Waals surface area contributed by atoms with Crippen molar-refractivity contribution in [2.45, 2.75) is 26.4 Å². The number of piperazine rings is 1. The number of benzene rings is 1. The van der Waals surface area contributed by atoms with Gasteiger partial charge in [-0.2, -0.15) is 0 Å². The van der Waals surface area contributed by atoms with Crippen LogP contribution >= 0.6 is 0 Å². The zero-order chi connectivity index (χ0) is 18.0. The molecule has 5 nitrogen and oxygen atoms in total. The lowest BCUT2D eigenvalue weighted by atomic mass is 9.97. The van der Waals surface area contributed by atoms with Crippen molar-refractivity contribution in [1.82, 2.24) is 14.4 Å². The molecule has 1 atom stereocenters. The van der Waals surface area contributed by atoms with E-state index in [4.69, 9.17) is 0 Å². The lowest BCUT2D eigenvalue weighted by Crippen LogP contribution is -2.59. The van der Waals surface area contributed by atoms with Crippen LogP contribution in [0.25, 0.3) is 0 Å². The van der Waals surface area contributed by atoms with Gasteiger partial charge in [-0.15, -0.1) is 0 Å². The second-order valence-electron chi connectivity index (χ2n) is 7.00. The third kappa shape index (κ3) is 3.60. The molecule has 1 saturated heterocycles. The molecule has 1 fully saturated rings. The van der Waals surface area contributed by atoms with Crippen molar-refractivity contribution in [1.29, 1.82) is 0 Å². The number of aromatic nitrogens is 1. The van der Waals surface area contributed by atoms with Crippen molar-refractivity contribution in [2.75, 3.05) is 20.1 Å². The van der Waals surface area contributed by atoms with E-state index < -0.39 is 0 Å². The number of hydrogen-bond acceptors (Lipinski definition) is 2. The number of carbonyl (C=O) groups excluding carboxylic acids is 2. The largest absolute Gasteiger partial charge is 0.350 e. The zero-order valence-electron chi connectivity index (χ0n) is 15.1. The molecule has 1 unspecified atom stereocenters. The average molecular weight is 339 g/mol. The van der Waals surface area contributed by atoms with Crippen LogP contribution in [-0.2, 0) is 11.3 Å². The van der Waals surface area contributed by atoms with Crippen LogP contribution in [0, 0.1) is 5.92 Å². The number of carbonyl (C=O) groups is 2. The quantitative estimate of drug-likeness (QED) is 0.859. The average Bonchev–Trinajstić information content (AvgIpc) is 3.10. The fourth-order valence-corrected chi connectivity index (χ4v) is 3.34. The number of hydrogen-bond donors (Lipinski definition) is 0. The van der Waals surface area contributed by atoms with Gasteiger partial charge in [0.05, 0.1) is 0 Å². The summed E-state index contributed by atoms with van der Waals surface area (Å²) in [6, 6.07) is 11.3. The third-order valence-corrected chi connectivity index (χ3v) is 4.77. The lowest BCUT2D eigenvalue weighted by Gasteiger charge is -2.41. The Morgan fingerprint density at radius 1 is 1.12 bits per heavy atom. The maximum Gasteiger partial charge on any atom is 0.254 e. The molecule has 1 aromatic carbocycles. The van der Waals surface area contributed by atoms with Crippen LogP contribution in [0.1, 0.15) is 29.8 Å². The Morgan fingerprint density at radius 2 is 1.76 bits per heavy atom. The molecule has 3 rings (SSSR count). The maximum atomic E-state index is 12.9. The van der Waals surface area contributed by atoms with Crippen LogP contribution in [0.4, 0.5) is 0 Å². The third-order valence-electron chi connectivity index (χ3n) is 4.77. The van der Waals surface area contributed by atoms with E-state index in [9.17, 15) is 9.59 Å². The normalized spacial score (nSPS) is 18.1. The van der Waals surface area contributed by atoms with E-state index in [1.807, 2.05) is 62.6 Å². The Kier molecular flexibility index (Phi) is 4.93. The standard InChI is InChI=1S/C20H25N3O2/c1-15(2)18-20(25)21(3)12-13-23(18)19(24)17-8-6-16(7-9-17)14-22-10-4-5-11-22/h4-11,15,18H,12-14H2,1-3H3. The highest BCUT2D eigenvalue weighted by Gasteiger charge is 2.38. The topological polar surface area (TPSA) is 45.6 Å². The summed E-state index contributed by atoms with van der Waals surface area (Å²) in [7, 11) is 1.80. The van der Waals surface area contributed by atoms with Crippen molar-refractivity contribution in [3.63, 3.8) is 0 Å². The summed E-state index contributed by atoms with van der Waals surface area (Å²) >= 11 is 0. The Morgan fingerprint density at radius 3 is 2.36 bits per heavy atom. The van der Waals surface area contributed by atoms with Crippen LogP contribution < -0.4 is 0 Å². The Balaban J connectivity index is 1.76. The molecule has 2 aromatic rings. The SMILES string of the molecule is CC(C)C1C(=O)N(C)CCN1C(=O)c1ccc(Cn2cccc2)cc1. The molecule has 2 amide bonds. The summed E-state index contributed by atoms with van der Waals surface area (Å²) in [5.74, 6) is 0.0544. The summed E-state index contributed by atoms with van der Waals surface area (Å²) in [6.45, 7) is 5.92. The van der Waals surface area contributed by atoms with Gasteiger partial charge in [0.2, 0.25) is 5.91 Å². The highest BCUT2D eigenvalue weighted by molar-refractivity contribution is 5.98. The molecular weight excluding hydrogens is 314 g/mol. The first-order chi connectivity index (χ1) is 12.0. The molecule has 1 aromatic heterocycles. The first kappa shape index (κ1) is 17.3. The van der Waals surface area contributed by atoms with Gasteiger partial charge in [-0.25, -0.2) is 0 Å². The second-order valence-corrected chi connectivity index (χ2v) is 7.00. The van der Waals surface area contributed by atoms with Gasteiger partial charge >= 0.3 is 0 Å².